The Morgan fingerprint density at radius 2 is 1.96 bits per heavy atom. The molecule has 0 bridgehead atoms. The van der Waals surface area contributed by atoms with Crippen LogP contribution in [0.4, 0.5) is 0 Å². The number of benzene rings is 1. The lowest BCUT2D eigenvalue weighted by Gasteiger charge is -2.33. The number of thiazole rings is 1. The van der Waals surface area contributed by atoms with Gasteiger partial charge in [0, 0.05) is 50.5 Å². The SMILES string of the molecule is Cl.c1ccc(CN2CCOC(CNCc3csc(-c4ncccn4)n3)C2)cc1. The Kier molecular flexibility index (Phi) is 7.88. The molecular formula is C20H24ClN5OS. The molecule has 4 rings (SSSR count). The summed E-state index contributed by atoms with van der Waals surface area (Å²) in [7, 11) is 0. The summed E-state index contributed by atoms with van der Waals surface area (Å²) in [5, 5.41) is 6.39. The van der Waals surface area contributed by atoms with Crippen molar-refractivity contribution in [1.29, 1.82) is 0 Å². The summed E-state index contributed by atoms with van der Waals surface area (Å²) < 4.78 is 5.92. The van der Waals surface area contributed by atoms with Crippen LogP contribution in [-0.2, 0) is 17.8 Å². The highest BCUT2D eigenvalue weighted by Crippen LogP contribution is 2.19. The fourth-order valence-corrected chi connectivity index (χ4v) is 3.92. The first-order chi connectivity index (χ1) is 13.4. The van der Waals surface area contributed by atoms with E-state index in [0.717, 1.165) is 50.0 Å². The largest absolute Gasteiger partial charge is 0.374 e. The number of hydrogen-bond donors (Lipinski definition) is 1. The summed E-state index contributed by atoms with van der Waals surface area (Å²) in [5.74, 6) is 0.681. The third kappa shape index (κ3) is 5.80. The molecule has 8 heteroatoms. The molecule has 0 spiro atoms. The van der Waals surface area contributed by atoms with Crippen LogP contribution in [0.2, 0.25) is 0 Å². The van der Waals surface area contributed by atoms with E-state index < -0.39 is 0 Å². The van der Waals surface area contributed by atoms with Gasteiger partial charge in [0.15, 0.2) is 10.8 Å². The van der Waals surface area contributed by atoms with Crippen molar-refractivity contribution < 1.29 is 4.74 Å². The molecule has 0 saturated carbocycles. The van der Waals surface area contributed by atoms with Gasteiger partial charge in [-0.3, -0.25) is 4.90 Å². The molecule has 3 aromatic rings. The molecule has 148 valence electrons. The monoisotopic (exact) mass is 417 g/mol. The molecule has 2 aromatic heterocycles. The van der Waals surface area contributed by atoms with Gasteiger partial charge < -0.3 is 10.1 Å². The molecule has 1 aliphatic rings. The lowest BCUT2D eigenvalue weighted by Crippen LogP contribution is -2.46. The summed E-state index contributed by atoms with van der Waals surface area (Å²) in [5.41, 5.74) is 2.36. The molecule has 1 atom stereocenters. The zero-order chi connectivity index (χ0) is 18.3. The van der Waals surface area contributed by atoms with Gasteiger partial charge in [0.1, 0.15) is 0 Å². The minimum absolute atomic E-state index is 0. The van der Waals surface area contributed by atoms with Gasteiger partial charge in [0.2, 0.25) is 0 Å². The van der Waals surface area contributed by atoms with Gasteiger partial charge >= 0.3 is 0 Å². The first-order valence-corrected chi connectivity index (χ1v) is 10.1. The van der Waals surface area contributed by atoms with Gasteiger partial charge in [0.25, 0.3) is 0 Å². The Hall–Kier alpha value is -1.90. The standard InChI is InChI=1S/C20H23N5OS.ClH/c1-2-5-16(6-3-1)13-25-9-10-26-18(14-25)12-21-11-17-15-27-20(24-17)19-22-7-4-8-23-19;/h1-8,15,18,21H,9-14H2;1H. The van der Waals surface area contributed by atoms with Gasteiger partial charge in [-0.15, -0.1) is 23.7 Å². The van der Waals surface area contributed by atoms with Gasteiger partial charge in [-0.25, -0.2) is 15.0 Å². The fraction of sp³-hybridized carbons (Fsp3) is 0.350. The zero-order valence-corrected chi connectivity index (χ0v) is 17.2. The molecule has 1 fully saturated rings. The van der Waals surface area contributed by atoms with E-state index in [1.54, 1.807) is 23.7 Å². The first kappa shape index (κ1) is 20.8. The second-order valence-electron chi connectivity index (χ2n) is 6.56. The molecule has 3 heterocycles. The van der Waals surface area contributed by atoms with Gasteiger partial charge in [-0.2, -0.15) is 0 Å². The van der Waals surface area contributed by atoms with Crippen molar-refractivity contribution in [2.45, 2.75) is 19.2 Å². The van der Waals surface area contributed by atoms with Crippen molar-refractivity contribution >= 4 is 23.7 Å². The number of nitrogens with one attached hydrogen (secondary N) is 1. The number of halogens is 1. The zero-order valence-electron chi connectivity index (χ0n) is 15.5. The third-order valence-electron chi connectivity index (χ3n) is 4.46. The van der Waals surface area contributed by atoms with Crippen LogP contribution in [0, 0.1) is 0 Å². The predicted octanol–water partition coefficient (Wildman–Crippen LogP) is 3.01. The highest BCUT2D eigenvalue weighted by Gasteiger charge is 2.20. The summed E-state index contributed by atoms with van der Waals surface area (Å²) in [4.78, 5) is 15.6. The average molecular weight is 418 g/mol. The number of morpholine rings is 1. The van der Waals surface area contributed by atoms with Crippen LogP contribution in [0.5, 0.6) is 0 Å². The minimum Gasteiger partial charge on any atom is -0.374 e. The maximum atomic E-state index is 5.92. The maximum absolute atomic E-state index is 5.92. The summed E-state index contributed by atoms with van der Waals surface area (Å²) in [6, 6.07) is 12.4. The lowest BCUT2D eigenvalue weighted by atomic mass is 10.2. The second kappa shape index (κ2) is 10.6. The second-order valence-corrected chi connectivity index (χ2v) is 7.42. The lowest BCUT2D eigenvalue weighted by molar-refractivity contribution is -0.0300. The van der Waals surface area contributed by atoms with Gasteiger partial charge in [-0.05, 0) is 11.6 Å². The molecule has 0 amide bonds. The van der Waals surface area contributed by atoms with Crippen molar-refractivity contribution in [2.24, 2.45) is 0 Å². The summed E-state index contributed by atoms with van der Waals surface area (Å²) in [6.45, 7) is 5.24. The van der Waals surface area contributed by atoms with Gasteiger partial charge in [0.05, 0.1) is 18.4 Å². The van der Waals surface area contributed by atoms with E-state index in [1.165, 1.54) is 5.56 Å². The van der Waals surface area contributed by atoms with Crippen LogP contribution >= 0.6 is 23.7 Å². The topological polar surface area (TPSA) is 63.2 Å². The average Bonchev–Trinajstić information content (AvgIpc) is 3.19. The van der Waals surface area contributed by atoms with E-state index in [1.807, 2.05) is 6.07 Å². The van der Waals surface area contributed by atoms with Crippen molar-refractivity contribution in [1.82, 2.24) is 25.2 Å². The van der Waals surface area contributed by atoms with Crippen LogP contribution in [-0.4, -0.2) is 52.2 Å². The predicted molar refractivity (Wildman–Crippen MR) is 114 cm³/mol. The van der Waals surface area contributed by atoms with Crippen LogP contribution < -0.4 is 5.32 Å². The fourth-order valence-electron chi connectivity index (χ4n) is 3.15. The highest BCUT2D eigenvalue weighted by molar-refractivity contribution is 7.13. The van der Waals surface area contributed by atoms with Crippen molar-refractivity contribution in [2.75, 3.05) is 26.2 Å². The number of aromatic nitrogens is 3. The molecule has 1 N–H and O–H groups in total. The van der Waals surface area contributed by atoms with E-state index in [9.17, 15) is 0 Å². The quantitative estimate of drug-likeness (QED) is 0.637. The third-order valence-corrected chi connectivity index (χ3v) is 5.35. The minimum atomic E-state index is 0. The Morgan fingerprint density at radius 3 is 2.79 bits per heavy atom. The Morgan fingerprint density at radius 1 is 1.14 bits per heavy atom. The van der Waals surface area contributed by atoms with Crippen molar-refractivity contribution in [3.63, 3.8) is 0 Å². The molecular weight excluding hydrogens is 394 g/mol. The van der Waals surface area contributed by atoms with E-state index in [4.69, 9.17) is 4.74 Å². The van der Waals surface area contributed by atoms with Gasteiger partial charge in [-0.1, -0.05) is 30.3 Å². The molecule has 1 unspecified atom stereocenters. The molecule has 6 nitrogen and oxygen atoms in total. The van der Waals surface area contributed by atoms with E-state index in [-0.39, 0.29) is 18.5 Å². The first-order valence-electron chi connectivity index (χ1n) is 9.17. The summed E-state index contributed by atoms with van der Waals surface area (Å²) in [6.07, 6.45) is 3.69. The van der Waals surface area contributed by atoms with Crippen LogP contribution in [0.3, 0.4) is 0 Å². The smallest absolute Gasteiger partial charge is 0.188 e. The van der Waals surface area contributed by atoms with Crippen molar-refractivity contribution in [3.8, 4) is 10.8 Å². The highest BCUT2D eigenvalue weighted by atomic mass is 35.5. The number of rotatable bonds is 7. The van der Waals surface area contributed by atoms with E-state index >= 15 is 0 Å². The molecule has 0 radical (unpaired) electrons. The molecule has 1 aromatic carbocycles. The molecule has 1 aliphatic heterocycles. The normalized spacial score (nSPS) is 17.2. The number of nitrogens with zero attached hydrogens (tertiary/aromatic N) is 4. The molecule has 1 saturated heterocycles. The summed E-state index contributed by atoms with van der Waals surface area (Å²) >= 11 is 1.57. The van der Waals surface area contributed by atoms with Crippen molar-refractivity contribution in [3.05, 3.63) is 65.4 Å². The van der Waals surface area contributed by atoms with E-state index in [2.05, 4.69) is 60.9 Å². The van der Waals surface area contributed by atoms with Crippen LogP contribution in [0.1, 0.15) is 11.3 Å². The molecule has 0 aliphatic carbocycles. The molecule has 28 heavy (non-hydrogen) atoms. The Bertz CT molecular complexity index is 833. The maximum Gasteiger partial charge on any atom is 0.188 e. The Balaban J connectivity index is 0.00000225. The number of hydrogen-bond acceptors (Lipinski definition) is 7. The van der Waals surface area contributed by atoms with E-state index in [0.29, 0.717) is 5.82 Å². The number of ether oxygens (including phenoxy) is 1. The van der Waals surface area contributed by atoms with Crippen LogP contribution in [0.15, 0.2) is 54.2 Å². The Labute approximate surface area is 175 Å². The van der Waals surface area contributed by atoms with Crippen LogP contribution in [0.25, 0.3) is 10.8 Å².